The van der Waals surface area contributed by atoms with Gasteiger partial charge in [0.05, 0.1) is 6.61 Å². The van der Waals surface area contributed by atoms with Crippen LogP contribution in [0.1, 0.15) is 37.8 Å². The van der Waals surface area contributed by atoms with Gasteiger partial charge in [0.25, 0.3) is 0 Å². The molecule has 1 aromatic rings. The highest BCUT2D eigenvalue weighted by atomic mass is 16.5. The van der Waals surface area contributed by atoms with Gasteiger partial charge in [-0.25, -0.2) is 0 Å². The van der Waals surface area contributed by atoms with Crippen LogP contribution >= 0.6 is 0 Å². The van der Waals surface area contributed by atoms with E-state index in [-0.39, 0.29) is 6.04 Å². The number of hydrogen-bond acceptors (Lipinski definition) is 2. The lowest BCUT2D eigenvalue weighted by Gasteiger charge is -2.14. The minimum atomic E-state index is 0.237. The minimum absolute atomic E-state index is 0.237. The van der Waals surface area contributed by atoms with Crippen LogP contribution < -0.4 is 10.5 Å². The maximum absolute atomic E-state index is 6.37. The highest BCUT2D eigenvalue weighted by Gasteiger charge is 2.55. The fourth-order valence-corrected chi connectivity index (χ4v) is 3.58. The molecule has 0 aliphatic heterocycles. The van der Waals surface area contributed by atoms with E-state index in [9.17, 15) is 0 Å². The summed E-state index contributed by atoms with van der Waals surface area (Å²) in [6, 6.07) is 8.57. The van der Waals surface area contributed by atoms with Gasteiger partial charge in [0, 0.05) is 6.04 Å². The largest absolute Gasteiger partial charge is 0.494 e. The van der Waals surface area contributed by atoms with Crippen LogP contribution in [0.2, 0.25) is 0 Å². The Labute approximate surface area is 103 Å². The van der Waals surface area contributed by atoms with E-state index in [1.165, 1.54) is 24.8 Å². The van der Waals surface area contributed by atoms with Crippen LogP contribution in [0.5, 0.6) is 5.75 Å². The molecule has 92 valence electrons. The zero-order valence-electron chi connectivity index (χ0n) is 10.4. The summed E-state index contributed by atoms with van der Waals surface area (Å²) in [6.07, 6.45) is 4.22. The standard InChI is InChI=1S/C15H21NO/c1-2-17-11-8-6-10(7-9-11)15(16)14-12-4-3-5-13(12)14/h6-9,12-15H,2-5,16H2,1H3. The third-order valence-electron chi connectivity index (χ3n) is 4.46. The second kappa shape index (κ2) is 4.34. The first-order chi connectivity index (χ1) is 8.31. The van der Waals surface area contributed by atoms with E-state index in [0.29, 0.717) is 0 Å². The van der Waals surface area contributed by atoms with Crippen molar-refractivity contribution in [1.29, 1.82) is 0 Å². The molecule has 0 aromatic heterocycles. The van der Waals surface area contributed by atoms with Gasteiger partial charge in [-0.3, -0.25) is 0 Å². The van der Waals surface area contributed by atoms with Crippen molar-refractivity contribution in [3.8, 4) is 5.75 Å². The van der Waals surface area contributed by atoms with Gasteiger partial charge >= 0.3 is 0 Å². The van der Waals surface area contributed by atoms with Crippen molar-refractivity contribution in [2.24, 2.45) is 23.5 Å². The molecule has 2 heteroatoms. The summed E-state index contributed by atoms with van der Waals surface area (Å²) in [5, 5.41) is 0. The Morgan fingerprint density at radius 3 is 2.47 bits per heavy atom. The van der Waals surface area contributed by atoms with Gasteiger partial charge in [0.2, 0.25) is 0 Å². The van der Waals surface area contributed by atoms with Crippen molar-refractivity contribution >= 4 is 0 Å². The van der Waals surface area contributed by atoms with Crippen molar-refractivity contribution in [1.82, 2.24) is 0 Å². The summed E-state index contributed by atoms with van der Waals surface area (Å²) in [4.78, 5) is 0. The second-order valence-electron chi connectivity index (χ2n) is 5.36. The third-order valence-corrected chi connectivity index (χ3v) is 4.46. The molecule has 2 fully saturated rings. The molecular formula is C15H21NO. The molecule has 1 aromatic carbocycles. The van der Waals surface area contributed by atoms with E-state index >= 15 is 0 Å². The molecule has 0 spiro atoms. The van der Waals surface area contributed by atoms with Crippen LogP contribution in [0.4, 0.5) is 0 Å². The lowest BCUT2D eigenvalue weighted by molar-refractivity contribution is 0.340. The summed E-state index contributed by atoms with van der Waals surface area (Å²) in [7, 11) is 0. The first-order valence-corrected chi connectivity index (χ1v) is 6.79. The fourth-order valence-electron chi connectivity index (χ4n) is 3.58. The highest BCUT2D eigenvalue weighted by molar-refractivity contribution is 5.30. The van der Waals surface area contributed by atoms with Gasteiger partial charge in [0.1, 0.15) is 5.75 Å². The van der Waals surface area contributed by atoms with Gasteiger partial charge < -0.3 is 10.5 Å². The molecule has 3 unspecified atom stereocenters. The SMILES string of the molecule is CCOc1ccc(C(N)C2C3CCCC32)cc1. The normalized spacial score (nSPS) is 32.0. The van der Waals surface area contributed by atoms with Gasteiger partial charge in [-0.2, -0.15) is 0 Å². The van der Waals surface area contributed by atoms with Crippen LogP contribution in [-0.2, 0) is 0 Å². The first kappa shape index (κ1) is 11.1. The van der Waals surface area contributed by atoms with Crippen molar-refractivity contribution in [3.63, 3.8) is 0 Å². The maximum Gasteiger partial charge on any atom is 0.119 e. The smallest absolute Gasteiger partial charge is 0.119 e. The molecule has 0 radical (unpaired) electrons. The Hall–Kier alpha value is -1.02. The summed E-state index contributed by atoms with van der Waals surface area (Å²) in [6.45, 7) is 2.73. The van der Waals surface area contributed by atoms with Crippen LogP contribution in [0.15, 0.2) is 24.3 Å². The monoisotopic (exact) mass is 231 g/mol. The van der Waals surface area contributed by atoms with Crippen molar-refractivity contribution < 1.29 is 4.74 Å². The van der Waals surface area contributed by atoms with Gasteiger partial charge in [0.15, 0.2) is 0 Å². The predicted octanol–water partition coefficient (Wildman–Crippen LogP) is 3.13. The lowest BCUT2D eigenvalue weighted by atomic mass is 9.98. The molecule has 0 heterocycles. The average Bonchev–Trinajstić information content (AvgIpc) is 2.83. The summed E-state index contributed by atoms with van der Waals surface area (Å²) in [5.41, 5.74) is 7.64. The predicted molar refractivity (Wildman–Crippen MR) is 68.9 cm³/mol. The number of fused-ring (bicyclic) bond motifs is 1. The van der Waals surface area contributed by atoms with Crippen LogP contribution in [-0.4, -0.2) is 6.61 Å². The van der Waals surface area contributed by atoms with Gasteiger partial charge in [-0.1, -0.05) is 18.6 Å². The van der Waals surface area contributed by atoms with Crippen LogP contribution in [0, 0.1) is 17.8 Å². The Bertz CT molecular complexity index is 376. The van der Waals surface area contributed by atoms with Gasteiger partial charge in [-0.05, 0) is 55.2 Å². The molecule has 0 saturated heterocycles. The maximum atomic E-state index is 6.37. The van der Waals surface area contributed by atoms with Crippen molar-refractivity contribution in [3.05, 3.63) is 29.8 Å². The average molecular weight is 231 g/mol. The molecule has 2 N–H and O–H groups in total. The topological polar surface area (TPSA) is 35.2 Å². The molecule has 0 amide bonds. The molecule has 2 aliphatic carbocycles. The van der Waals surface area contributed by atoms with E-state index in [1.54, 1.807) is 0 Å². The van der Waals surface area contributed by atoms with E-state index in [1.807, 2.05) is 19.1 Å². The molecule has 2 saturated carbocycles. The third kappa shape index (κ3) is 1.95. The minimum Gasteiger partial charge on any atom is -0.494 e. The van der Waals surface area contributed by atoms with E-state index < -0.39 is 0 Å². The van der Waals surface area contributed by atoms with Crippen molar-refractivity contribution in [2.45, 2.75) is 32.2 Å². The van der Waals surface area contributed by atoms with E-state index in [2.05, 4.69) is 12.1 Å². The molecule has 17 heavy (non-hydrogen) atoms. The molecule has 3 rings (SSSR count). The van der Waals surface area contributed by atoms with Crippen LogP contribution in [0.25, 0.3) is 0 Å². The Morgan fingerprint density at radius 2 is 1.88 bits per heavy atom. The molecule has 2 aliphatic rings. The van der Waals surface area contributed by atoms with Gasteiger partial charge in [-0.15, -0.1) is 0 Å². The number of benzene rings is 1. The fraction of sp³-hybridized carbons (Fsp3) is 0.600. The lowest BCUT2D eigenvalue weighted by Crippen LogP contribution is -2.15. The molecular weight excluding hydrogens is 210 g/mol. The second-order valence-corrected chi connectivity index (χ2v) is 5.36. The van der Waals surface area contributed by atoms with Crippen molar-refractivity contribution in [2.75, 3.05) is 6.61 Å². The van der Waals surface area contributed by atoms with Crippen LogP contribution in [0.3, 0.4) is 0 Å². The Morgan fingerprint density at radius 1 is 1.24 bits per heavy atom. The first-order valence-electron chi connectivity index (χ1n) is 6.79. The molecule has 2 nitrogen and oxygen atoms in total. The zero-order chi connectivity index (χ0) is 11.8. The zero-order valence-corrected chi connectivity index (χ0v) is 10.4. The number of hydrogen-bond donors (Lipinski definition) is 1. The molecule has 0 bridgehead atoms. The summed E-state index contributed by atoms with van der Waals surface area (Å²) >= 11 is 0. The quantitative estimate of drug-likeness (QED) is 0.864. The number of nitrogens with two attached hydrogens (primary N) is 1. The summed E-state index contributed by atoms with van der Waals surface area (Å²) in [5.74, 6) is 3.55. The molecule has 3 atom stereocenters. The summed E-state index contributed by atoms with van der Waals surface area (Å²) < 4.78 is 5.45. The number of rotatable bonds is 4. The Kier molecular flexibility index (Phi) is 2.83. The van der Waals surface area contributed by atoms with E-state index in [0.717, 1.165) is 30.1 Å². The van der Waals surface area contributed by atoms with E-state index in [4.69, 9.17) is 10.5 Å². The number of ether oxygens (including phenoxy) is 1. The Balaban J connectivity index is 1.67. The highest BCUT2D eigenvalue weighted by Crippen LogP contribution is 2.61.